The van der Waals surface area contributed by atoms with E-state index in [4.69, 9.17) is 10.5 Å². The maximum atomic E-state index is 12.0. The Morgan fingerprint density at radius 2 is 1.95 bits per heavy atom. The maximum Gasteiger partial charge on any atom is 0.224 e. The summed E-state index contributed by atoms with van der Waals surface area (Å²) < 4.78 is 5.24. The van der Waals surface area contributed by atoms with Crippen LogP contribution >= 0.6 is 0 Å². The molecule has 0 radical (unpaired) electrons. The summed E-state index contributed by atoms with van der Waals surface area (Å²) in [6, 6.07) is 7.58. The van der Waals surface area contributed by atoms with Crippen molar-refractivity contribution in [1.82, 2.24) is 5.32 Å². The number of carbonyl (C=O) groups excluding carboxylic acids is 1. The van der Waals surface area contributed by atoms with Gasteiger partial charge in [0, 0.05) is 18.2 Å². The van der Waals surface area contributed by atoms with Gasteiger partial charge in [-0.05, 0) is 12.0 Å². The Balaban J connectivity index is 2.48. The van der Waals surface area contributed by atoms with Crippen LogP contribution in [0.3, 0.4) is 0 Å². The fourth-order valence-electron chi connectivity index (χ4n) is 2.38. The van der Waals surface area contributed by atoms with E-state index >= 15 is 0 Å². The Morgan fingerprint density at radius 3 is 2.55 bits per heavy atom. The molecule has 4 heteroatoms. The predicted octanol–water partition coefficient (Wildman–Crippen LogP) is 2.12. The SMILES string of the molecule is CCC(CC)C(N)CNC(=O)Cc1ccccc1OC. The number of hydrogen-bond donors (Lipinski definition) is 2. The lowest BCUT2D eigenvalue weighted by Crippen LogP contribution is -2.42. The van der Waals surface area contributed by atoms with Crippen LogP contribution in [0.5, 0.6) is 5.75 Å². The number of benzene rings is 1. The molecule has 0 saturated carbocycles. The van der Waals surface area contributed by atoms with Crippen molar-refractivity contribution in [2.75, 3.05) is 13.7 Å². The monoisotopic (exact) mass is 278 g/mol. The number of carbonyl (C=O) groups is 1. The summed E-state index contributed by atoms with van der Waals surface area (Å²) in [4.78, 5) is 12.0. The highest BCUT2D eigenvalue weighted by Gasteiger charge is 2.15. The molecule has 0 spiro atoms. The smallest absolute Gasteiger partial charge is 0.224 e. The lowest BCUT2D eigenvalue weighted by molar-refractivity contribution is -0.120. The first-order valence-electron chi connectivity index (χ1n) is 7.26. The van der Waals surface area contributed by atoms with Gasteiger partial charge in [-0.2, -0.15) is 0 Å². The molecule has 4 nitrogen and oxygen atoms in total. The van der Waals surface area contributed by atoms with Gasteiger partial charge in [0.2, 0.25) is 5.91 Å². The van der Waals surface area contributed by atoms with E-state index < -0.39 is 0 Å². The van der Waals surface area contributed by atoms with Crippen LogP contribution in [-0.2, 0) is 11.2 Å². The molecule has 1 amide bonds. The number of rotatable bonds is 8. The second-order valence-electron chi connectivity index (χ2n) is 5.03. The zero-order chi connectivity index (χ0) is 15.0. The highest BCUT2D eigenvalue weighted by Crippen LogP contribution is 2.17. The molecule has 3 N–H and O–H groups in total. The minimum absolute atomic E-state index is 0.0177. The minimum Gasteiger partial charge on any atom is -0.496 e. The number of methoxy groups -OCH3 is 1. The van der Waals surface area contributed by atoms with Crippen LogP contribution in [0.2, 0.25) is 0 Å². The van der Waals surface area contributed by atoms with E-state index in [9.17, 15) is 4.79 Å². The summed E-state index contributed by atoms with van der Waals surface area (Å²) in [7, 11) is 1.61. The Bertz CT molecular complexity index is 417. The van der Waals surface area contributed by atoms with Crippen molar-refractivity contribution in [2.24, 2.45) is 11.7 Å². The molecule has 0 fully saturated rings. The van der Waals surface area contributed by atoms with Crippen LogP contribution in [0, 0.1) is 5.92 Å². The van der Waals surface area contributed by atoms with Crippen LogP contribution in [0.15, 0.2) is 24.3 Å². The largest absolute Gasteiger partial charge is 0.496 e. The molecule has 0 aromatic heterocycles. The normalized spacial score (nSPS) is 12.2. The summed E-state index contributed by atoms with van der Waals surface area (Å²) in [5.74, 6) is 1.18. The molecule has 1 rings (SSSR count). The molecule has 1 aromatic rings. The fraction of sp³-hybridized carbons (Fsp3) is 0.562. The van der Waals surface area contributed by atoms with Gasteiger partial charge in [0.05, 0.1) is 13.5 Å². The Kier molecular flexibility index (Phi) is 7.09. The van der Waals surface area contributed by atoms with Crippen molar-refractivity contribution in [2.45, 2.75) is 39.2 Å². The second kappa shape index (κ2) is 8.59. The molecule has 1 aromatic carbocycles. The molecule has 0 bridgehead atoms. The van der Waals surface area contributed by atoms with Gasteiger partial charge in [0.15, 0.2) is 0 Å². The molecule has 1 unspecified atom stereocenters. The van der Waals surface area contributed by atoms with Gasteiger partial charge >= 0.3 is 0 Å². The topological polar surface area (TPSA) is 64.3 Å². The van der Waals surface area contributed by atoms with Gasteiger partial charge in [-0.1, -0.05) is 44.9 Å². The average Bonchev–Trinajstić information content (AvgIpc) is 2.47. The highest BCUT2D eigenvalue weighted by atomic mass is 16.5. The molecular formula is C16H26N2O2. The third-order valence-corrected chi connectivity index (χ3v) is 3.73. The summed E-state index contributed by atoms with van der Waals surface area (Å²) in [6.07, 6.45) is 2.40. The summed E-state index contributed by atoms with van der Waals surface area (Å²) in [6.45, 7) is 4.79. The predicted molar refractivity (Wildman–Crippen MR) is 81.8 cm³/mol. The van der Waals surface area contributed by atoms with E-state index in [0.717, 1.165) is 24.2 Å². The number of ether oxygens (including phenoxy) is 1. The Morgan fingerprint density at radius 1 is 1.30 bits per heavy atom. The van der Waals surface area contributed by atoms with E-state index in [1.807, 2.05) is 24.3 Å². The van der Waals surface area contributed by atoms with Crippen LogP contribution in [-0.4, -0.2) is 25.6 Å². The molecule has 20 heavy (non-hydrogen) atoms. The average molecular weight is 278 g/mol. The van der Waals surface area contributed by atoms with Gasteiger partial charge in [0.1, 0.15) is 5.75 Å². The first-order chi connectivity index (χ1) is 9.62. The molecule has 0 saturated heterocycles. The molecular weight excluding hydrogens is 252 g/mol. The fourth-order valence-corrected chi connectivity index (χ4v) is 2.38. The van der Waals surface area contributed by atoms with E-state index in [2.05, 4.69) is 19.2 Å². The van der Waals surface area contributed by atoms with E-state index in [1.54, 1.807) is 7.11 Å². The van der Waals surface area contributed by atoms with E-state index in [1.165, 1.54) is 0 Å². The van der Waals surface area contributed by atoms with Gasteiger partial charge in [-0.3, -0.25) is 4.79 Å². The Hall–Kier alpha value is -1.55. The van der Waals surface area contributed by atoms with Crippen LogP contribution in [0.4, 0.5) is 0 Å². The van der Waals surface area contributed by atoms with Crippen molar-refractivity contribution in [3.8, 4) is 5.75 Å². The molecule has 0 heterocycles. The third kappa shape index (κ3) is 4.85. The van der Waals surface area contributed by atoms with Crippen molar-refractivity contribution in [1.29, 1.82) is 0 Å². The lowest BCUT2D eigenvalue weighted by atomic mass is 9.95. The van der Waals surface area contributed by atoms with Crippen molar-refractivity contribution in [3.63, 3.8) is 0 Å². The van der Waals surface area contributed by atoms with Crippen molar-refractivity contribution >= 4 is 5.91 Å². The molecule has 1 atom stereocenters. The van der Waals surface area contributed by atoms with Gasteiger partial charge < -0.3 is 15.8 Å². The van der Waals surface area contributed by atoms with Gasteiger partial charge in [-0.25, -0.2) is 0 Å². The zero-order valence-electron chi connectivity index (χ0n) is 12.7. The van der Waals surface area contributed by atoms with Gasteiger partial charge in [0.25, 0.3) is 0 Å². The first-order valence-corrected chi connectivity index (χ1v) is 7.26. The number of nitrogens with two attached hydrogens (primary N) is 1. The second-order valence-corrected chi connectivity index (χ2v) is 5.03. The maximum absolute atomic E-state index is 12.0. The number of nitrogens with one attached hydrogen (secondary N) is 1. The van der Waals surface area contributed by atoms with E-state index in [0.29, 0.717) is 18.9 Å². The molecule has 112 valence electrons. The van der Waals surface area contributed by atoms with Crippen molar-refractivity contribution in [3.05, 3.63) is 29.8 Å². The lowest BCUT2D eigenvalue weighted by Gasteiger charge is -2.21. The highest BCUT2D eigenvalue weighted by molar-refractivity contribution is 5.79. The number of para-hydroxylation sites is 1. The van der Waals surface area contributed by atoms with Gasteiger partial charge in [-0.15, -0.1) is 0 Å². The van der Waals surface area contributed by atoms with Crippen LogP contribution in [0.1, 0.15) is 32.3 Å². The molecule has 0 aliphatic heterocycles. The molecule has 0 aliphatic rings. The summed E-state index contributed by atoms with van der Waals surface area (Å²) >= 11 is 0. The standard InChI is InChI=1S/C16H26N2O2/c1-4-12(5-2)14(17)11-18-16(19)10-13-8-6-7-9-15(13)20-3/h6-9,12,14H,4-5,10-11,17H2,1-3H3,(H,18,19). The summed E-state index contributed by atoms with van der Waals surface area (Å²) in [5.41, 5.74) is 6.99. The third-order valence-electron chi connectivity index (χ3n) is 3.73. The molecule has 0 aliphatic carbocycles. The number of amides is 1. The van der Waals surface area contributed by atoms with Crippen LogP contribution < -0.4 is 15.8 Å². The van der Waals surface area contributed by atoms with Crippen LogP contribution in [0.25, 0.3) is 0 Å². The van der Waals surface area contributed by atoms with Crippen molar-refractivity contribution < 1.29 is 9.53 Å². The Labute approximate surface area is 121 Å². The van der Waals surface area contributed by atoms with E-state index in [-0.39, 0.29) is 11.9 Å². The zero-order valence-corrected chi connectivity index (χ0v) is 12.7. The number of hydrogen-bond acceptors (Lipinski definition) is 3. The first kappa shape index (κ1) is 16.5. The minimum atomic E-state index is -0.0177. The quantitative estimate of drug-likeness (QED) is 0.765. The summed E-state index contributed by atoms with van der Waals surface area (Å²) in [5, 5.41) is 2.91.